The molecule has 4 heteroatoms. The summed E-state index contributed by atoms with van der Waals surface area (Å²) in [5, 5.41) is 1.03. The van der Waals surface area contributed by atoms with Crippen molar-refractivity contribution in [2.75, 3.05) is 0 Å². The van der Waals surface area contributed by atoms with Gasteiger partial charge >= 0.3 is 0 Å². The van der Waals surface area contributed by atoms with E-state index in [1.165, 1.54) is 4.70 Å². The fraction of sp³-hybridized carbons (Fsp3) is 0. The maximum atomic E-state index is 5.07. The van der Waals surface area contributed by atoms with Crippen molar-refractivity contribution in [3.8, 4) is 55.6 Å². The maximum absolute atomic E-state index is 5.07. The van der Waals surface area contributed by atoms with Gasteiger partial charge in [0.15, 0.2) is 5.82 Å². The van der Waals surface area contributed by atoms with Gasteiger partial charge in [-0.05, 0) is 29.3 Å². The van der Waals surface area contributed by atoms with Crippen molar-refractivity contribution in [3.63, 3.8) is 0 Å². The monoisotopic (exact) mass is 517 g/mol. The van der Waals surface area contributed by atoms with Crippen LogP contribution >= 0.6 is 11.3 Å². The Kier molecular flexibility index (Phi) is 6.00. The number of nitrogens with zero attached hydrogens (tertiary/aromatic N) is 3. The van der Waals surface area contributed by atoms with E-state index in [0.717, 1.165) is 55.3 Å². The molecule has 0 atom stereocenters. The van der Waals surface area contributed by atoms with E-state index in [0.29, 0.717) is 5.82 Å². The number of aromatic nitrogens is 3. The molecule has 39 heavy (non-hydrogen) atoms. The molecule has 0 aliphatic heterocycles. The van der Waals surface area contributed by atoms with Crippen molar-refractivity contribution in [2.45, 2.75) is 0 Å². The molecule has 0 spiro atoms. The van der Waals surface area contributed by atoms with E-state index >= 15 is 0 Å². The second-order valence-corrected chi connectivity index (χ2v) is 10.3. The number of hydrogen-bond acceptors (Lipinski definition) is 4. The van der Waals surface area contributed by atoms with E-state index in [1.807, 2.05) is 42.5 Å². The van der Waals surface area contributed by atoms with E-state index in [2.05, 4.69) is 97.1 Å². The fourth-order valence-electron chi connectivity index (χ4n) is 4.82. The first-order valence-electron chi connectivity index (χ1n) is 12.9. The highest BCUT2D eigenvalue weighted by atomic mass is 32.1. The maximum Gasteiger partial charge on any atom is 0.160 e. The van der Waals surface area contributed by atoms with Crippen LogP contribution in [0.25, 0.3) is 65.8 Å². The minimum Gasteiger partial charge on any atom is -0.236 e. The molecular formula is C35H23N3S. The minimum atomic E-state index is 0.712. The van der Waals surface area contributed by atoms with Crippen molar-refractivity contribution in [1.29, 1.82) is 0 Å². The highest BCUT2D eigenvalue weighted by Gasteiger charge is 2.15. The van der Waals surface area contributed by atoms with Crippen LogP contribution in [-0.4, -0.2) is 15.0 Å². The van der Waals surface area contributed by atoms with Gasteiger partial charge in [0.1, 0.15) is 5.01 Å². The first-order valence-corrected chi connectivity index (χ1v) is 13.7. The summed E-state index contributed by atoms with van der Waals surface area (Å²) in [6, 6.07) is 47.9. The largest absolute Gasteiger partial charge is 0.236 e. The summed E-state index contributed by atoms with van der Waals surface area (Å²) >= 11 is 1.72. The van der Waals surface area contributed by atoms with Gasteiger partial charge in [-0.2, -0.15) is 0 Å². The Bertz CT molecular complexity index is 1840. The van der Waals surface area contributed by atoms with Crippen molar-refractivity contribution < 1.29 is 0 Å². The molecule has 3 nitrogen and oxygen atoms in total. The molecule has 0 N–H and O–H groups in total. The summed E-state index contributed by atoms with van der Waals surface area (Å²) in [6.07, 6.45) is 0. The molecular weight excluding hydrogens is 494 g/mol. The molecule has 2 aromatic heterocycles. The fourth-order valence-corrected chi connectivity index (χ4v) is 5.77. The van der Waals surface area contributed by atoms with Gasteiger partial charge in [0.2, 0.25) is 0 Å². The van der Waals surface area contributed by atoms with Crippen LogP contribution in [-0.2, 0) is 0 Å². The van der Waals surface area contributed by atoms with Crippen molar-refractivity contribution in [2.24, 2.45) is 0 Å². The summed E-state index contributed by atoms with van der Waals surface area (Å²) in [6.45, 7) is 0. The van der Waals surface area contributed by atoms with Crippen LogP contribution in [0.15, 0.2) is 140 Å². The number of hydrogen-bond donors (Lipinski definition) is 0. The van der Waals surface area contributed by atoms with E-state index in [4.69, 9.17) is 15.0 Å². The predicted octanol–water partition coefficient (Wildman–Crippen LogP) is 9.42. The highest BCUT2D eigenvalue weighted by Crippen LogP contribution is 2.37. The Labute approximate surface area is 231 Å². The van der Waals surface area contributed by atoms with Gasteiger partial charge in [-0.3, -0.25) is 0 Å². The molecule has 0 radical (unpaired) electrons. The lowest BCUT2D eigenvalue weighted by Crippen LogP contribution is -1.97. The predicted molar refractivity (Wildman–Crippen MR) is 162 cm³/mol. The molecule has 2 heterocycles. The van der Waals surface area contributed by atoms with Gasteiger partial charge in [0, 0.05) is 22.3 Å². The molecule has 0 unspecified atom stereocenters. The van der Waals surface area contributed by atoms with Crippen molar-refractivity contribution >= 4 is 21.6 Å². The third-order valence-electron chi connectivity index (χ3n) is 6.75. The normalized spacial score (nSPS) is 11.1. The van der Waals surface area contributed by atoms with E-state index in [1.54, 1.807) is 11.3 Å². The lowest BCUT2D eigenvalue weighted by molar-refractivity contribution is 1.18. The zero-order chi connectivity index (χ0) is 26.0. The van der Waals surface area contributed by atoms with Crippen LogP contribution in [0.3, 0.4) is 0 Å². The molecule has 7 aromatic rings. The van der Waals surface area contributed by atoms with Gasteiger partial charge in [0.05, 0.1) is 21.6 Å². The van der Waals surface area contributed by atoms with Gasteiger partial charge in [0.25, 0.3) is 0 Å². The number of benzene rings is 5. The number of fused-ring (bicyclic) bond motifs is 1. The van der Waals surface area contributed by atoms with E-state index in [-0.39, 0.29) is 0 Å². The summed E-state index contributed by atoms with van der Waals surface area (Å²) in [5.41, 5.74) is 9.28. The Morgan fingerprint density at radius 3 is 1.72 bits per heavy atom. The van der Waals surface area contributed by atoms with Crippen LogP contribution in [0.4, 0.5) is 0 Å². The Morgan fingerprint density at radius 2 is 1.00 bits per heavy atom. The second-order valence-electron chi connectivity index (χ2n) is 9.31. The Balaban J connectivity index is 1.37. The summed E-state index contributed by atoms with van der Waals surface area (Å²) < 4.78 is 1.18. The SMILES string of the molecule is c1ccc(-c2cc(-c3ccccc3-c3ccc4sc(-c5ccccc5)nc4c3)nc(-c3ccccc3)n2)cc1. The Morgan fingerprint density at radius 1 is 0.410 bits per heavy atom. The van der Waals surface area contributed by atoms with Gasteiger partial charge in [-0.15, -0.1) is 11.3 Å². The first kappa shape index (κ1) is 23.2. The van der Waals surface area contributed by atoms with Gasteiger partial charge in [-0.25, -0.2) is 15.0 Å². The lowest BCUT2D eigenvalue weighted by atomic mass is 9.96. The van der Waals surface area contributed by atoms with Crippen LogP contribution in [0.2, 0.25) is 0 Å². The van der Waals surface area contributed by atoms with Crippen LogP contribution in [0.5, 0.6) is 0 Å². The lowest BCUT2D eigenvalue weighted by Gasteiger charge is -2.13. The molecule has 5 aromatic carbocycles. The number of thiazole rings is 1. The van der Waals surface area contributed by atoms with Crippen molar-refractivity contribution in [1.82, 2.24) is 15.0 Å². The molecule has 0 amide bonds. The molecule has 0 aliphatic rings. The van der Waals surface area contributed by atoms with E-state index in [9.17, 15) is 0 Å². The topological polar surface area (TPSA) is 38.7 Å². The molecule has 7 rings (SSSR count). The van der Waals surface area contributed by atoms with E-state index < -0.39 is 0 Å². The molecule has 184 valence electrons. The highest BCUT2D eigenvalue weighted by molar-refractivity contribution is 7.21. The van der Waals surface area contributed by atoms with Crippen LogP contribution in [0.1, 0.15) is 0 Å². The third-order valence-corrected chi connectivity index (χ3v) is 7.84. The standard InChI is InChI=1S/C35H23N3S/c1-4-12-24(13-5-1)30-23-31(37-34(36-30)25-14-6-2-7-15-25)29-19-11-10-18-28(29)27-20-21-33-32(22-27)38-35(39-33)26-16-8-3-9-17-26/h1-23H. The van der Waals surface area contributed by atoms with Crippen LogP contribution in [0, 0.1) is 0 Å². The van der Waals surface area contributed by atoms with Gasteiger partial charge in [-0.1, -0.05) is 121 Å². The van der Waals surface area contributed by atoms with Crippen molar-refractivity contribution in [3.05, 3.63) is 140 Å². The van der Waals surface area contributed by atoms with Crippen LogP contribution < -0.4 is 0 Å². The average Bonchev–Trinajstić information content (AvgIpc) is 3.46. The zero-order valence-electron chi connectivity index (χ0n) is 21.0. The minimum absolute atomic E-state index is 0.712. The first-order chi connectivity index (χ1) is 19.3. The smallest absolute Gasteiger partial charge is 0.160 e. The van der Waals surface area contributed by atoms with Gasteiger partial charge < -0.3 is 0 Å². The molecule has 0 saturated heterocycles. The average molecular weight is 518 g/mol. The molecule has 0 bridgehead atoms. The number of rotatable bonds is 5. The summed E-state index contributed by atoms with van der Waals surface area (Å²) in [5.74, 6) is 0.712. The molecule has 0 fully saturated rings. The second kappa shape index (κ2) is 10.1. The molecule has 0 aliphatic carbocycles. The summed E-state index contributed by atoms with van der Waals surface area (Å²) in [7, 11) is 0. The summed E-state index contributed by atoms with van der Waals surface area (Å²) in [4.78, 5) is 15.0. The molecule has 0 saturated carbocycles. The quantitative estimate of drug-likeness (QED) is 0.228. The third kappa shape index (κ3) is 4.63. The zero-order valence-corrected chi connectivity index (χ0v) is 21.8. The Hall–Kier alpha value is -4.93.